The first-order chi connectivity index (χ1) is 7.13. The normalized spacial score (nSPS) is 19.0. The maximum absolute atomic E-state index is 13.3. The number of halogens is 2. The topological polar surface area (TPSA) is 50.1 Å². The molecule has 0 saturated heterocycles. The summed E-state index contributed by atoms with van der Waals surface area (Å²) in [6, 6.07) is 3.48. The first-order valence-corrected chi connectivity index (χ1v) is 4.21. The second-order valence-electron chi connectivity index (χ2n) is 3.11. The fourth-order valence-corrected chi connectivity index (χ4v) is 1.50. The zero-order valence-corrected chi connectivity index (χ0v) is 7.46. The summed E-state index contributed by atoms with van der Waals surface area (Å²) in [5, 5.41) is 8.55. The van der Waals surface area contributed by atoms with Gasteiger partial charge in [0.05, 0.1) is 0 Å². The quantitative estimate of drug-likeness (QED) is 0.609. The van der Waals surface area contributed by atoms with Gasteiger partial charge in [-0.1, -0.05) is 0 Å². The van der Waals surface area contributed by atoms with Gasteiger partial charge in [0.2, 0.25) is 0 Å². The lowest BCUT2D eigenvalue weighted by molar-refractivity contribution is 0.0360. The van der Waals surface area contributed by atoms with E-state index in [-0.39, 0.29) is 12.0 Å². The molecule has 1 aliphatic heterocycles. The summed E-state index contributed by atoms with van der Waals surface area (Å²) in [6.45, 7) is 0. The number of hydrogen-bond acceptors (Lipinski definition) is 3. The van der Waals surface area contributed by atoms with Crippen LogP contribution < -0.4 is 0 Å². The van der Waals surface area contributed by atoms with Crippen molar-refractivity contribution in [2.75, 3.05) is 0 Å². The van der Waals surface area contributed by atoms with E-state index in [2.05, 4.69) is 4.74 Å². The van der Waals surface area contributed by atoms with E-state index in [1.807, 2.05) is 0 Å². The van der Waals surface area contributed by atoms with Gasteiger partial charge < -0.3 is 4.74 Å². The van der Waals surface area contributed by atoms with E-state index < -0.39 is 29.3 Å². The number of ether oxygens (including phenoxy) is 1. The summed E-state index contributed by atoms with van der Waals surface area (Å²) in [6.07, 6.45) is -1.15. The largest absolute Gasteiger partial charge is 0.443 e. The molecule has 1 atom stereocenters. The molecule has 0 fully saturated rings. The predicted octanol–water partition coefficient (Wildman–Crippen LogP) is 1.57. The van der Waals surface area contributed by atoms with E-state index in [0.29, 0.717) is 0 Å². The molecule has 1 heterocycles. The van der Waals surface area contributed by atoms with Crippen molar-refractivity contribution < 1.29 is 18.3 Å². The Morgan fingerprint density at radius 1 is 1.40 bits per heavy atom. The van der Waals surface area contributed by atoms with Crippen molar-refractivity contribution in [1.82, 2.24) is 0 Å². The number of carbonyl (C=O) groups excluding carboxylic acids is 1. The molecule has 0 N–H and O–H groups in total. The van der Waals surface area contributed by atoms with Crippen LogP contribution in [0.4, 0.5) is 8.78 Å². The van der Waals surface area contributed by atoms with Crippen molar-refractivity contribution >= 4 is 5.97 Å². The molecular weight excluding hydrogens is 204 g/mol. The standard InChI is InChI=1S/C10H5F2NO2/c11-7-1-2-8(12)9-6(7)3-5(4-13)15-10(9)14/h1-2,5H,3H2. The number of nitrogens with zero attached hydrogens (tertiary/aromatic N) is 1. The highest BCUT2D eigenvalue weighted by Gasteiger charge is 2.31. The molecule has 1 unspecified atom stereocenters. The van der Waals surface area contributed by atoms with Crippen LogP contribution in [0.3, 0.4) is 0 Å². The van der Waals surface area contributed by atoms with E-state index in [4.69, 9.17) is 5.26 Å². The maximum atomic E-state index is 13.3. The van der Waals surface area contributed by atoms with E-state index in [1.165, 1.54) is 0 Å². The van der Waals surface area contributed by atoms with Crippen molar-refractivity contribution in [3.05, 3.63) is 34.9 Å². The van der Waals surface area contributed by atoms with Gasteiger partial charge in [0.1, 0.15) is 23.3 Å². The molecule has 15 heavy (non-hydrogen) atoms. The summed E-state index contributed by atoms with van der Waals surface area (Å²) >= 11 is 0. The Balaban J connectivity index is 2.60. The number of rotatable bonds is 0. The van der Waals surface area contributed by atoms with Crippen LogP contribution in [0.2, 0.25) is 0 Å². The zero-order chi connectivity index (χ0) is 11.0. The van der Waals surface area contributed by atoms with Crippen LogP contribution in [0.15, 0.2) is 12.1 Å². The molecule has 0 amide bonds. The second kappa shape index (κ2) is 3.31. The SMILES string of the molecule is N#CC1Cc2c(F)ccc(F)c2C(=O)O1. The molecule has 0 bridgehead atoms. The third kappa shape index (κ3) is 1.44. The number of nitriles is 1. The van der Waals surface area contributed by atoms with Crippen molar-refractivity contribution in [1.29, 1.82) is 5.26 Å². The average Bonchev–Trinajstić information content (AvgIpc) is 2.23. The summed E-state index contributed by atoms with van der Waals surface area (Å²) in [5.74, 6) is -2.50. The molecule has 3 nitrogen and oxygen atoms in total. The first kappa shape index (κ1) is 9.59. The highest BCUT2D eigenvalue weighted by atomic mass is 19.1. The Morgan fingerprint density at radius 2 is 2.07 bits per heavy atom. The molecule has 1 aromatic rings. The highest BCUT2D eigenvalue weighted by molar-refractivity contribution is 5.92. The minimum Gasteiger partial charge on any atom is -0.443 e. The minimum absolute atomic E-state index is 0.0854. The van der Waals surface area contributed by atoms with Gasteiger partial charge in [-0.3, -0.25) is 0 Å². The van der Waals surface area contributed by atoms with Crippen LogP contribution in [-0.2, 0) is 11.2 Å². The van der Waals surface area contributed by atoms with Gasteiger partial charge in [0, 0.05) is 12.0 Å². The third-order valence-electron chi connectivity index (χ3n) is 2.19. The van der Waals surface area contributed by atoms with Crippen molar-refractivity contribution in [2.24, 2.45) is 0 Å². The van der Waals surface area contributed by atoms with Gasteiger partial charge >= 0.3 is 5.97 Å². The van der Waals surface area contributed by atoms with E-state index in [1.54, 1.807) is 6.07 Å². The van der Waals surface area contributed by atoms with E-state index >= 15 is 0 Å². The molecular formula is C10H5F2NO2. The van der Waals surface area contributed by atoms with Crippen molar-refractivity contribution in [3.63, 3.8) is 0 Å². The molecule has 0 spiro atoms. The van der Waals surface area contributed by atoms with Crippen LogP contribution in [0, 0.1) is 23.0 Å². The molecule has 0 radical (unpaired) electrons. The van der Waals surface area contributed by atoms with Gasteiger partial charge in [-0.05, 0) is 12.1 Å². The van der Waals surface area contributed by atoms with Crippen molar-refractivity contribution in [3.8, 4) is 6.07 Å². The van der Waals surface area contributed by atoms with Gasteiger partial charge in [0.15, 0.2) is 6.10 Å². The Labute approximate surface area is 83.9 Å². The number of benzene rings is 1. The van der Waals surface area contributed by atoms with E-state index in [9.17, 15) is 13.6 Å². The Morgan fingerprint density at radius 3 is 2.73 bits per heavy atom. The molecule has 0 aromatic heterocycles. The van der Waals surface area contributed by atoms with Crippen LogP contribution in [-0.4, -0.2) is 12.1 Å². The number of esters is 1. The summed E-state index contributed by atoms with van der Waals surface area (Å²) < 4.78 is 31.0. The Bertz CT molecular complexity index is 479. The number of fused-ring (bicyclic) bond motifs is 1. The predicted molar refractivity (Wildman–Crippen MR) is 44.9 cm³/mol. The Hall–Kier alpha value is -1.96. The van der Waals surface area contributed by atoms with Crippen LogP contribution in [0.25, 0.3) is 0 Å². The lowest BCUT2D eigenvalue weighted by Crippen LogP contribution is -2.28. The average molecular weight is 209 g/mol. The summed E-state index contributed by atoms with van der Waals surface area (Å²) in [5.41, 5.74) is -0.487. The molecule has 1 aromatic carbocycles. The molecule has 1 aliphatic rings. The van der Waals surface area contributed by atoms with Crippen LogP contribution in [0.1, 0.15) is 15.9 Å². The second-order valence-corrected chi connectivity index (χ2v) is 3.11. The minimum atomic E-state index is -1.04. The van der Waals surface area contributed by atoms with Crippen LogP contribution in [0.5, 0.6) is 0 Å². The lowest BCUT2D eigenvalue weighted by atomic mass is 9.98. The van der Waals surface area contributed by atoms with Gasteiger partial charge in [-0.25, -0.2) is 13.6 Å². The monoisotopic (exact) mass is 209 g/mol. The van der Waals surface area contributed by atoms with Gasteiger partial charge in [-0.15, -0.1) is 0 Å². The summed E-state index contributed by atoms with van der Waals surface area (Å²) in [7, 11) is 0. The Kier molecular flexibility index (Phi) is 2.12. The molecule has 2 rings (SSSR count). The van der Waals surface area contributed by atoms with Gasteiger partial charge in [0.25, 0.3) is 0 Å². The number of cyclic esters (lactones) is 1. The van der Waals surface area contributed by atoms with Gasteiger partial charge in [-0.2, -0.15) is 5.26 Å². The molecule has 0 saturated carbocycles. The lowest BCUT2D eigenvalue weighted by Gasteiger charge is -2.20. The first-order valence-electron chi connectivity index (χ1n) is 4.21. The van der Waals surface area contributed by atoms with Crippen LogP contribution >= 0.6 is 0 Å². The molecule has 76 valence electrons. The fourth-order valence-electron chi connectivity index (χ4n) is 1.50. The highest BCUT2D eigenvalue weighted by Crippen LogP contribution is 2.25. The third-order valence-corrected chi connectivity index (χ3v) is 2.19. The number of hydrogen-bond donors (Lipinski definition) is 0. The summed E-state index contributed by atoms with van der Waals surface area (Å²) in [4.78, 5) is 11.2. The number of carbonyl (C=O) groups is 1. The molecule has 5 heteroatoms. The van der Waals surface area contributed by atoms with E-state index in [0.717, 1.165) is 12.1 Å². The zero-order valence-electron chi connectivity index (χ0n) is 7.46. The smallest absolute Gasteiger partial charge is 0.342 e. The fraction of sp³-hybridized carbons (Fsp3) is 0.200. The maximum Gasteiger partial charge on any atom is 0.342 e. The van der Waals surface area contributed by atoms with Crippen molar-refractivity contribution in [2.45, 2.75) is 12.5 Å². The molecule has 0 aliphatic carbocycles.